The van der Waals surface area contributed by atoms with Crippen LogP contribution < -0.4 is 15.4 Å². The second kappa shape index (κ2) is 9.95. The third-order valence-corrected chi connectivity index (χ3v) is 5.65. The Bertz CT molecular complexity index is 1480. The third-order valence-electron chi connectivity index (χ3n) is 5.65. The van der Waals surface area contributed by atoms with Crippen molar-refractivity contribution in [1.82, 2.24) is 15.3 Å². The number of fused-ring (bicyclic) bond motifs is 1. The van der Waals surface area contributed by atoms with Crippen LogP contribution in [0.1, 0.15) is 16.9 Å². The molecule has 7 heteroatoms. The van der Waals surface area contributed by atoms with Gasteiger partial charge in [-0.1, -0.05) is 12.1 Å². The first-order valence-corrected chi connectivity index (χ1v) is 11.3. The van der Waals surface area contributed by atoms with Crippen LogP contribution in [-0.2, 0) is 13.2 Å². The maximum Gasteiger partial charge on any atom is 0.141 e. The van der Waals surface area contributed by atoms with Gasteiger partial charge in [-0.15, -0.1) is 0 Å². The molecule has 2 heterocycles. The summed E-state index contributed by atoms with van der Waals surface area (Å²) in [5.74, 6) is 2.84. The number of furan rings is 1. The highest BCUT2D eigenvalue weighted by molar-refractivity contribution is 5.93. The van der Waals surface area contributed by atoms with Crippen molar-refractivity contribution in [3.05, 3.63) is 102 Å². The zero-order valence-corrected chi connectivity index (χ0v) is 19.5. The summed E-state index contributed by atoms with van der Waals surface area (Å²) in [5.41, 5.74) is 4.40. The van der Waals surface area contributed by atoms with Gasteiger partial charge in [0.25, 0.3) is 0 Å². The molecular weight excluding hydrogens is 443 g/mol. The Balaban J connectivity index is 1.37. The lowest BCUT2D eigenvalue weighted by Gasteiger charge is -2.13. The summed E-state index contributed by atoms with van der Waals surface area (Å²) in [6, 6.07) is 22.2. The van der Waals surface area contributed by atoms with Crippen LogP contribution in [0.3, 0.4) is 0 Å². The Hall–Kier alpha value is -4.23. The van der Waals surface area contributed by atoms with Crippen molar-refractivity contribution in [1.29, 1.82) is 0 Å². The van der Waals surface area contributed by atoms with Gasteiger partial charge in [0.1, 0.15) is 41.8 Å². The van der Waals surface area contributed by atoms with E-state index in [1.165, 1.54) is 12.1 Å². The highest BCUT2D eigenvalue weighted by atomic mass is 19.1. The van der Waals surface area contributed by atoms with Gasteiger partial charge in [0.05, 0.1) is 12.1 Å². The van der Waals surface area contributed by atoms with Crippen LogP contribution in [0.2, 0.25) is 0 Å². The minimum absolute atomic E-state index is 0.270. The predicted molar refractivity (Wildman–Crippen MR) is 135 cm³/mol. The average Bonchev–Trinajstić information content (AvgIpc) is 3.32. The lowest BCUT2D eigenvalue weighted by Crippen LogP contribution is -2.03. The number of halogens is 1. The van der Waals surface area contributed by atoms with Crippen molar-refractivity contribution in [3.8, 4) is 17.1 Å². The fourth-order valence-electron chi connectivity index (χ4n) is 3.93. The van der Waals surface area contributed by atoms with Crippen molar-refractivity contribution in [2.45, 2.75) is 20.1 Å². The van der Waals surface area contributed by atoms with E-state index >= 15 is 0 Å². The van der Waals surface area contributed by atoms with E-state index in [1.54, 1.807) is 12.4 Å². The topological polar surface area (TPSA) is 72.2 Å². The van der Waals surface area contributed by atoms with Crippen LogP contribution in [0.15, 0.2) is 83.5 Å². The van der Waals surface area contributed by atoms with Gasteiger partial charge in [-0.05, 0) is 85.8 Å². The van der Waals surface area contributed by atoms with Crippen LogP contribution in [0, 0.1) is 12.7 Å². The molecule has 0 saturated carbocycles. The van der Waals surface area contributed by atoms with Gasteiger partial charge in [0, 0.05) is 16.6 Å². The van der Waals surface area contributed by atoms with Crippen molar-refractivity contribution in [3.63, 3.8) is 0 Å². The minimum Gasteiger partial charge on any atom is -0.489 e. The predicted octanol–water partition coefficient (Wildman–Crippen LogP) is 6.38. The number of nitrogens with one attached hydrogen (secondary N) is 2. The molecule has 0 spiro atoms. The summed E-state index contributed by atoms with van der Waals surface area (Å²) in [6.45, 7) is 2.94. The number of benzene rings is 3. The van der Waals surface area contributed by atoms with E-state index < -0.39 is 0 Å². The van der Waals surface area contributed by atoms with Crippen LogP contribution in [-0.4, -0.2) is 17.0 Å². The van der Waals surface area contributed by atoms with Gasteiger partial charge >= 0.3 is 0 Å². The number of aromatic nitrogens is 2. The molecular formula is C28H25FN4O2. The van der Waals surface area contributed by atoms with Crippen molar-refractivity contribution >= 4 is 22.4 Å². The number of ether oxygens (including phenoxy) is 1. The molecule has 0 amide bonds. The normalized spacial score (nSPS) is 11.1. The average molecular weight is 469 g/mol. The SMILES string of the molecule is CNCc1ccc(-c2ccc3ncnc(Nc4ccc(OCc5cccc(F)c5)c(C)c4)c3c2)o1. The van der Waals surface area contributed by atoms with Crippen molar-refractivity contribution in [2.75, 3.05) is 12.4 Å². The van der Waals surface area contributed by atoms with Gasteiger partial charge in [-0.3, -0.25) is 0 Å². The van der Waals surface area contributed by atoms with Gasteiger partial charge in [0.2, 0.25) is 0 Å². The Labute approximate surface area is 202 Å². The molecule has 2 aromatic heterocycles. The molecule has 0 radical (unpaired) electrons. The molecule has 0 fully saturated rings. The smallest absolute Gasteiger partial charge is 0.141 e. The maximum atomic E-state index is 13.4. The molecule has 0 aliphatic rings. The standard InChI is InChI=1S/C28H25FN4O2/c1-18-12-22(7-10-26(18)34-16-19-4-3-5-21(29)13-19)33-28-24-14-20(6-9-25(24)31-17-32-28)27-11-8-23(35-27)15-30-2/h3-14,17,30H,15-16H2,1-2H3,(H,31,32,33). The molecule has 3 aromatic carbocycles. The van der Waals surface area contributed by atoms with E-state index in [-0.39, 0.29) is 5.82 Å². The second-order valence-electron chi connectivity index (χ2n) is 8.27. The first-order valence-electron chi connectivity index (χ1n) is 11.3. The summed E-state index contributed by atoms with van der Waals surface area (Å²) in [7, 11) is 1.89. The summed E-state index contributed by atoms with van der Waals surface area (Å²) < 4.78 is 25.3. The number of hydrogen-bond donors (Lipinski definition) is 2. The Morgan fingerprint density at radius 2 is 1.89 bits per heavy atom. The first kappa shape index (κ1) is 22.6. The van der Waals surface area contributed by atoms with Crippen LogP contribution in [0.5, 0.6) is 5.75 Å². The molecule has 0 aliphatic carbocycles. The molecule has 176 valence electrons. The number of nitrogens with zero attached hydrogens (tertiary/aromatic N) is 2. The summed E-state index contributed by atoms with van der Waals surface area (Å²) in [6.07, 6.45) is 1.55. The molecule has 0 atom stereocenters. The lowest BCUT2D eigenvalue weighted by molar-refractivity contribution is 0.303. The zero-order valence-electron chi connectivity index (χ0n) is 19.5. The molecule has 2 N–H and O–H groups in total. The van der Waals surface area contributed by atoms with Gasteiger partial charge in [0.15, 0.2) is 0 Å². The van der Waals surface area contributed by atoms with Crippen LogP contribution in [0.4, 0.5) is 15.9 Å². The Kier molecular flexibility index (Phi) is 6.41. The highest BCUT2D eigenvalue weighted by Gasteiger charge is 2.10. The van der Waals surface area contributed by atoms with E-state index in [0.29, 0.717) is 19.0 Å². The van der Waals surface area contributed by atoms with Crippen LogP contribution in [0.25, 0.3) is 22.2 Å². The summed E-state index contributed by atoms with van der Waals surface area (Å²) >= 11 is 0. The summed E-state index contributed by atoms with van der Waals surface area (Å²) in [4.78, 5) is 8.88. The monoisotopic (exact) mass is 468 g/mol. The Morgan fingerprint density at radius 1 is 0.971 bits per heavy atom. The third kappa shape index (κ3) is 5.15. The largest absolute Gasteiger partial charge is 0.489 e. The van der Waals surface area contributed by atoms with Crippen molar-refractivity contribution in [2.24, 2.45) is 0 Å². The summed E-state index contributed by atoms with van der Waals surface area (Å²) in [5, 5.41) is 7.39. The van der Waals surface area contributed by atoms with Crippen molar-refractivity contribution < 1.29 is 13.5 Å². The number of hydrogen-bond acceptors (Lipinski definition) is 6. The molecule has 5 rings (SSSR count). The van der Waals surface area contributed by atoms with E-state index in [4.69, 9.17) is 9.15 Å². The maximum absolute atomic E-state index is 13.4. The first-order chi connectivity index (χ1) is 17.1. The van der Waals surface area contributed by atoms with E-state index in [1.807, 2.05) is 68.6 Å². The van der Waals surface area contributed by atoms with Crippen LogP contribution >= 0.6 is 0 Å². The molecule has 0 saturated heterocycles. The fourth-order valence-corrected chi connectivity index (χ4v) is 3.93. The zero-order chi connectivity index (χ0) is 24.2. The fraction of sp³-hybridized carbons (Fsp3) is 0.143. The highest BCUT2D eigenvalue weighted by Crippen LogP contribution is 2.31. The second-order valence-corrected chi connectivity index (χ2v) is 8.27. The van der Waals surface area contributed by atoms with E-state index in [9.17, 15) is 4.39 Å². The minimum atomic E-state index is -0.270. The van der Waals surface area contributed by atoms with E-state index in [0.717, 1.165) is 50.6 Å². The van der Waals surface area contributed by atoms with Gasteiger partial charge in [-0.2, -0.15) is 0 Å². The molecule has 6 nitrogen and oxygen atoms in total. The number of aryl methyl sites for hydroxylation is 1. The Morgan fingerprint density at radius 3 is 2.71 bits per heavy atom. The molecule has 35 heavy (non-hydrogen) atoms. The number of anilines is 2. The lowest BCUT2D eigenvalue weighted by atomic mass is 10.1. The van der Waals surface area contributed by atoms with Gasteiger partial charge in [-0.25, -0.2) is 14.4 Å². The molecule has 0 aliphatic heterocycles. The quantitative estimate of drug-likeness (QED) is 0.275. The molecule has 5 aromatic rings. The molecule has 0 unspecified atom stereocenters. The molecule has 0 bridgehead atoms. The number of rotatable bonds is 8. The van der Waals surface area contributed by atoms with Gasteiger partial charge < -0.3 is 19.8 Å². The van der Waals surface area contributed by atoms with E-state index in [2.05, 4.69) is 20.6 Å².